The minimum absolute atomic E-state index is 0. The maximum Gasteiger partial charge on any atom is 0.390 e. The minimum atomic E-state index is -4.13. The van der Waals surface area contributed by atoms with Gasteiger partial charge in [-0.2, -0.15) is 13.2 Å². The summed E-state index contributed by atoms with van der Waals surface area (Å²) in [5, 5.41) is 5.78. The average Bonchev–Trinajstić information content (AvgIpc) is 2.42. The van der Waals surface area contributed by atoms with Gasteiger partial charge in [-0.15, -0.1) is 24.0 Å². The Labute approximate surface area is 148 Å². The topological polar surface area (TPSA) is 39.7 Å². The van der Waals surface area contributed by atoms with Gasteiger partial charge in [0, 0.05) is 26.7 Å². The average molecular weight is 436 g/mol. The van der Waals surface area contributed by atoms with Crippen LogP contribution in [0.2, 0.25) is 0 Å². The van der Waals surface area contributed by atoms with Crippen LogP contribution in [0.3, 0.4) is 0 Å². The number of alkyl halides is 3. The standard InChI is InChI=1S/C14H27F3N4.HI/c1-12(11-21-8-4-3-5-9-21)10-20-13(18-2)19-7-6-14(15,16)17;/h12H,3-11H2,1-2H3,(H2,18,19,20);1H. The van der Waals surface area contributed by atoms with E-state index in [9.17, 15) is 13.2 Å². The Morgan fingerprint density at radius 1 is 1.18 bits per heavy atom. The van der Waals surface area contributed by atoms with Crippen LogP contribution in [-0.2, 0) is 0 Å². The highest BCUT2D eigenvalue weighted by Crippen LogP contribution is 2.18. The van der Waals surface area contributed by atoms with Crippen LogP contribution in [0.4, 0.5) is 13.2 Å². The summed E-state index contributed by atoms with van der Waals surface area (Å²) in [7, 11) is 1.57. The lowest BCUT2D eigenvalue weighted by atomic mass is 10.1. The van der Waals surface area contributed by atoms with E-state index in [0.717, 1.165) is 19.6 Å². The first kappa shape index (κ1) is 21.8. The van der Waals surface area contributed by atoms with Crippen molar-refractivity contribution < 1.29 is 13.2 Å². The van der Waals surface area contributed by atoms with Gasteiger partial charge in [0.25, 0.3) is 0 Å². The Bertz CT molecular complexity index is 318. The van der Waals surface area contributed by atoms with Gasteiger partial charge in [-0.1, -0.05) is 13.3 Å². The number of guanidine groups is 1. The Hall–Kier alpha value is -0.250. The van der Waals surface area contributed by atoms with Crippen LogP contribution < -0.4 is 10.6 Å². The van der Waals surface area contributed by atoms with Crippen molar-refractivity contribution in [3.05, 3.63) is 0 Å². The van der Waals surface area contributed by atoms with E-state index >= 15 is 0 Å². The van der Waals surface area contributed by atoms with Crippen molar-refractivity contribution >= 4 is 29.9 Å². The largest absolute Gasteiger partial charge is 0.390 e. The number of rotatable bonds is 6. The maximum atomic E-state index is 12.1. The fraction of sp³-hybridized carbons (Fsp3) is 0.929. The van der Waals surface area contributed by atoms with E-state index in [2.05, 4.69) is 27.4 Å². The molecule has 0 radical (unpaired) electrons. The van der Waals surface area contributed by atoms with Crippen molar-refractivity contribution in [3.63, 3.8) is 0 Å². The summed E-state index contributed by atoms with van der Waals surface area (Å²) in [6.07, 6.45) is -1.13. The highest BCUT2D eigenvalue weighted by atomic mass is 127. The molecule has 0 aliphatic carbocycles. The van der Waals surface area contributed by atoms with Crippen LogP contribution >= 0.6 is 24.0 Å². The zero-order valence-corrected chi connectivity index (χ0v) is 15.7. The quantitative estimate of drug-likeness (QED) is 0.382. The van der Waals surface area contributed by atoms with Gasteiger partial charge < -0.3 is 15.5 Å². The van der Waals surface area contributed by atoms with E-state index in [4.69, 9.17) is 0 Å². The summed E-state index contributed by atoms with van der Waals surface area (Å²) in [6.45, 7) is 6.04. The Kier molecular flexibility index (Phi) is 11.2. The first-order valence-electron chi connectivity index (χ1n) is 7.64. The van der Waals surface area contributed by atoms with Crippen LogP contribution in [0.1, 0.15) is 32.6 Å². The second-order valence-electron chi connectivity index (χ2n) is 5.71. The smallest absolute Gasteiger partial charge is 0.356 e. The number of nitrogens with zero attached hydrogens (tertiary/aromatic N) is 2. The fourth-order valence-electron chi connectivity index (χ4n) is 2.46. The molecule has 1 aliphatic rings. The molecule has 22 heavy (non-hydrogen) atoms. The van der Waals surface area contributed by atoms with Gasteiger partial charge in [-0.05, 0) is 31.8 Å². The van der Waals surface area contributed by atoms with Gasteiger partial charge in [0.2, 0.25) is 0 Å². The molecule has 4 nitrogen and oxygen atoms in total. The number of hydrogen-bond donors (Lipinski definition) is 2. The molecule has 1 fully saturated rings. The summed E-state index contributed by atoms with van der Waals surface area (Å²) in [4.78, 5) is 6.39. The number of nitrogens with one attached hydrogen (secondary N) is 2. The van der Waals surface area contributed by atoms with Crippen LogP contribution in [0.5, 0.6) is 0 Å². The fourth-order valence-corrected chi connectivity index (χ4v) is 2.46. The third kappa shape index (κ3) is 10.5. The van der Waals surface area contributed by atoms with Crippen molar-refractivity contribution in [3.8, 4) is 0 Å². The second-order valence-corrected chi connectivity index (χ2v) is 5.71. The van der Waals surface area contributed by atoms with Crippen LogP contribution in [-0.4, -0.2) is 56.8 Å². The number of piperidine rings is 1. The Morgan fingerprint density at radius 3 is 2.36 bits per heavy atom. The Morgan fingerprint density at radius 2 is 1.82 bits per heavy atom. The summed E-state index contributed by atoms with van der Waals surface area (Å²) in [5.41, 5.74) is 0. The number of hydrogen-bond acceptors (Lipinski definition) is 2. The molecular weight excluding hydrogens is 408 g/mol. The summed E-state index contributed by atoms with van der Waals surface area (Å²) < 4.78 is 36.2. The van der Waals surface area contributed by atoms with Crippen LogP contribution in [0, 0.1) is 5.92 Å². The number of halogens is 4. The molecule has 1 atom stereocenters. The van der Waals surface area contributed by atoms with Crippen molar-refractivity contribution in [1.82, 2.24) is 15.5 Å². The van der Waals surface area contributed by atoms with E-state index in [0.29, 0.717) is 18.4 Å². The molecule has 0 saturated carbocycles. The normalized spacial score (nSPS) is 18.5. The molecule has 1 aliphatic heterocycles. The van der Waals surface area contributed by atoms with Crippen molar-refractivity contribution in [1.29, 1.82) is 0 Å². The molecule has 0 spiro atoms. The zero-order valence-electron chi connectivity index (χ0n) is 13.4. The van der Waals surface area contributed by atoms with Crippen LogP contribution in [0.25, 0.3) is 0 Å². The summed E-state index contributed by atoms with van der Waals surface area (Å²) >= 11 is 0. The first-order chi connectivity index (χ1) is 9.90. The molecular formula is C14H28F3IN4. The Balaban J connectivity index is 0.00000441. The van der Waals surface area contributed by atoms with E-state index in [1.807, 2.05) is 0 Å². The van der Waals surface area contributed by atoms with Crippen molar-refractivity contribution in [2.24, 2.45) is 10.9 Å². The van der Waals surface area contributed by atoms with E-state index < -0.39 is 12.6 Å². The third-order valence-electron chi connectivity index (χ3n) is 3.56. The SMILES string of the molecule is CN=C(NCCC(F)(F)F)NCC(C)CN1CCCCC1.I. The van der Waals surface area contributed by atoms with E-state index in [1.54, 1.807) is 7.05 Å². The van der Waals surface area contributed by atoms with Gasteiger partial charge in [-0.25, -0.2) is 0 Å². The number of likely N-dealkylation sites (tertiary alicyclic amines) is 1. The van der Waals surface area contributed by atoms with Crippen LogP contribution in [0.15, 0.2) is 4.99 Å². The molecule has 1 heterocycles. The van der Waals surface area contributed by atoms with Gasteiger partial charge in [0.05, 0.1) is 6.42 Å². The minimum Gasteiger partial charge on any atom is -0.356 e. The molecule has 2 N–H and O–H groups in total. The molecule has 0 aromatic rings. The first-order valence-corrected chi connectivity index (χ1v) is 7.64. The van der Waals surface area contributed by atoms with E-state index in [1.165, 1.54) is 19.3 Å². The summed E-state index contributed by atoms with van der Waals surface area (Å²) in [5.74, 6) is 0.869. The highest BCUT2D eigenvalue weighted by molar-refractivity contribution is 14.0. The third-order valence-corrected chi connectivity index (χ3v) is 3.56. The van der Waals surface area contributed by atoms with Crippen molar-refractivity contribution in [2.75, 3.05) is 39.8 Å². The van der Waals surface area contributed by atoms with Gasteiger partial charge >= 0.3 is 6.18 Å². The second kappa shape index (κ2) is 11.3. The zero-order chi connectivity index (χ0) is 15.7. The molecule has 0 aromatic carbocycles. The molecule has 0 bridgehead atoms. The lowest BCUT2D eigenvalue weighted by Gasteiger charge is -2.29. The predicted molar refractivity (Wildman–Crippen MR) is 94.9 cm³/mol. The number of aliphatic imine (C=N–C) groups is 1. The van der Waals surface area contributed by atoms with E-state index in [-0.39, 0.29) is 30.5 Å². The molecule has 1 unspecified atom stereocenters. The summed E-state index contributed by atoms with van der Waals surface area (Å²) in [6, 6.07) is 0. The monoisotopic (exact) mass is 436 g/mol. The van der Waals surface area contributed by atoms with Crippen molar-refractivity contribution in [2.45, 2.75) is 38.8 Å². The molecule has 1 saturated heterocycles. The molecule has 8 heteroatoms. The predicted octanol–water partition coefficient (Wildman–Crippen LogP) is 2.84. The lowest BCUT2D eigenvalue weighted by molar-refractivity contribution is -0.132. The highest BCUT2D eigenvalue weighted by Gasteiger charge is 2.26. The van der Waals surface area contributed by atoms with Gasteiger partial charge in [-0.3, -0.25) is 4.99 Å². The maximum absolute atomic E-state index is 12.1. The van der Waals surface area contributed by atoms with Gasteiger partial charge in [0.1, 0.15) is 0 Å². The van der Waals surface area contributed by atoms with Gasteiger partial charge in [0.15, 0.2) is 5.96 Å². The molecule has 1 rings (SSSR count). The molecule has 0 amide bonds. The molecule has 0 aromatic heterocycles. The molecule has 132 valence electrons. The lowest BCUT2D eigenvalue weighted by Crippen LogP contribution is -2.43.